The minimum atomic E-state index is 0.104. The zero-order valence-electron chi connectivity index (χ0n) is 12.6. The molecule has 0 unspecified atom stereocenters. The van der Waals surface area contributed by atoms with E-state index >= 15 is 0 Å². The summed E-state index contributed by atoms with van der Waals surface area (Å²) in [5.74, 6) is 0.872. The van der Waals surface area contributed by atoms with Crippen LogP contribution in [0.4, 0.5) is 5.88 Å². The predicted octanol–water partition coefficient (Wildman–Crippen LogP) is 4.36. The quantitative estimate of drug-likeness (QED) is 0.526. The maximum Gasteiger partial charge on any atom is 0.252 e. The van der Waals surface area contributed by atoms with Gasteiger partial charge in [-0.15, -0.1) is 0 Å². The first kappa shape index (κ1) is 15.3. The van der Waals surface area contributed by atoms with E-state index in [2.05, 4.69) is 36.4 Å². The minimum absolute atomic E-state index is 0.104. The Bertz CT molecular complexity index is 916. The number of hydrogen-bond acceptors (Lipinski definition) is 5. The van der Waals surface area contributed by atoms with E-state index in [1.54, 1.807) is 6.21 Å². The van der Waals surface area contributed by atoms with Crippen molar-refractivity contribution in [3.63, 3.8) is 0 Å². The molecule has 2 heterocycles. The summed E-state index contributed by atoms with van der Waals surface area (Å²) in [5, 5.41) is 14.3. The first-order valence-electron chi connectivity index (χ1n) is 7.05. The number of nitrogens with one attached hydrogen (secondary N) is 2. The van der Waals surface area contributed by atoms with Gasteiger partial charge >= 0.3 is 0 Å². The van der Waals surface area contributed by atoms with Crippen molar-refractivity contribution in [2.24, 2.45) is 5.10 Å². The summed E-state index contributed by atoms with van der Waals surface area (Å²) in [6.07, 6.45) is 3.54. The van der Waals surface area contributed by atoms with Crippen LogP contribution in [0.3, 0.4) is 0 Å². The minimum Gasteiger partial charge on any atom is -0.422 e. The molecule has 0 aliphatic heterocycles. The molecule has 0 spiro atoms. The van der Waals surface area contributed by atoms with Crippen molar-refractivity contribution in [1.82, 2.24) is 9.97 Å². The first-order chi connectivity index (χ1) is 11.1. The second-order valence-electron chi connectivity index (χ2n) is 5.30. The fraction of sp³-hybridized carbons (Fsp3) is 0.188. The molecule has 0 fully saturated rings. The van der Waals surface area contributed by atoms with Crippen LogP contribution in [0.15, 0.2) is 38.4 Å². The summed E-state index contributed by atoms with van der Waals surface area (Å²) in [6, 6.07) is 7.97. The molecule has 3 aromatic rings. The van der Waals surface area contributed by atoms with Crippen LogP contribution in [-0.2, 0) is 0 Å². The highest BCUT2D eigenvalue weighted by Gasteiger charge is 2.14. The van der Waals surface area contributed by atoms with Crippen molar-refractivity contribution in [2.75, 3.05) is 5.43 Å². The number of H-pyrrole nitrogens is 1. The molecule has 0 bridgehead atoms. The Hall–Kier alpha value is -2.59. The van der Waals surface area contributed by atoms with Crippen LogP contribution in [0.1, 0.15) is 36.9 Å². The van der Waals surface area contributed by atoms with Gasteiger partial charge in [0.1, 0.15) is 6.07 Å². The molecule has 0 saturated heterocycles. The van der Waals surface area contributed by atoms with E-state index in [1.165, 1.54) is 0 Å². The lowest BCUT2D eigenvalue weighted by Gasteiger charge is -1.97. The van der Waals surface area contributed by atoms with E-state index in [0.29, 0.717) is 5.89 Å². The van der Waals surface area contributed by atoms with Crippen LogP contribution in [-0.4, -0.2) is 16.2 Å². The van der Waals surface area contributed by atoms with E-state index in [4.69, 9.17) is 9.68 Å². The van der Waals surface area contributed by atoms with Crippen LogP contribution in [0, 0.1) is 11.3 Å². The topological polar surface area (TPSA) is 90.0 Å². The third-order valence-electron chi connectivity index (χ3n) is 3.29. The molecule has 0 aliphatic carbocycles. The number of anilines is 1. The number of aromatic nitrogens is 2. The molecule has 3 rings (SSSR count). The van der Waals surface area contributed by atoms with Gasteiger partial charge in [-0.1, -0.05) is 29.8 Å². The number of fused-ring (bicyclic) bond motifs is 1. The number of nitrogens with zero attached hydrogens (tertiary/aromatic N) is 3. The number of aromatic amines is 1. The Morgan fingerprint density at radius 1 is 1.48 bits per heavy atom. The molecular weight excluding hydrogens is 358 g/mol. The van der Waals surface area contributed by atoms with Gasteiger partial charge in [0, 0.05) is 33.1 Å². The van der Waals surface area contributed by atoms with E-state index in [-0.39, 0.29) is 17.5 Å². The lowest BCUT2D eigenvalue weighted by atomic mass is 10.2. The number of benzene rings is 1. The average molecular weight is 372 g/mol. The van der Waals surface area contributed by atoms with Gasteiger partial charge in [0.05, 0.1) is 6.21 Å². The number of oxazole rings is 1. The molecular formula is C16H14BrN5O. The van der Waals surface area contributed by atoms with Gasteiger partial charge in [0.2, 0.25) is 11.6 Å². The fourth-order valence-corrected chi connectivity index (χ4v) is 2.48. The molecule has 116 valence electrons. The molecule has 0 amide bonds. The van der Waals surface area contributed by atoms with Gasteiger partial charge in [-0.05, 0) is 18.2 Å². The predicted molar refractivity (Wildman–Crippen MR) is 92.5 cm³/mol. The Morgan fingerprint density at radius 3 is 3.04 bits per heavy atom. The first-order valence-corrected chi connectivity index (χ1v) is 7.84. The summed E-state index contributed by atoms with van der Waals surface area (Å²) in [7, 11) is 0. The summed E-state index contributed by atoms with van der Waals surface area (Å²) in [4.78, 5) is 7.31. The van der Waals surface area contributed by atoms with Crippen LogP contribution < -0.4 is 5.43 Å². The van der Waals surface area contributed by atoms with E-state index in [1.807, 2.05) is 44.3 Å². The SMILES string of the molecule is CC(C)c1nc(C#N)c(N/N=C/c2c[nH]c3ccc(Br)cc23)o1. The molecule has 2 N–H and O–H groups in total. The highest BCUT2D eigenvalue weighted by molar-refractivity contribution is 9.10. The molecule has 7 heteroatoms. The zero-order chi connectivity index (χ0) is 16.4. The number of hydrogen-bond donors (Lipinski definition) is 2. The molecule has 0 radical (unpaired) electrons. The monoisotopic (exact) mass is 371 g/mol. The van der Waals surface area contributed by atoms with Crippen LogP contribution >= 0.6 is 15.9 Å². The number of halogens is 1. The smallest absolute Gasteiger partial charge is 0.252 e. The molecule has 23 heavy (non-hydrogen) atoms. The zero-order valence-corrected chi connectivity index (χ0v) is 14.2. The number of rotatable bonds is 4. The number of hydrazone groups is 1. The molecule has 6 nitrogen and oxygen atoms in total. The van der Waals surface area contributed by atoms with Crippen LogP contribution in [0.2, 0.25) is 0 Å². The van der Waals surface area contributed by atoms with Crippen molar-refractivity contribution in [3.05, 3.63) is 46.0 Å². The standard InChI is InChI=1S/C16H14BrN5O/c1-9(2)15-21-14(6-18)16(23-15)22-20-8-10-7-19-13-4-3-11(17)5-12(10)13/h3-5,7-9,19,22H,1-2H3/b20-8+. The Labute approximate surface area is 141 Å². The van der Waals surface area contributed by atoms with E-state index in [0.717, 1.165) is 20.9 Å². The summed E-state index contributed by atoms with van der Waals surface area (Å²) in [6.45, 7) is 3.90. The lowest BCUT2D eigenvalue weighted by molar-refractivity contribution is 0.481. The third-order valence-corrected chi connectivity index (χ3v) is 3.78. The summed E-state index contributed by atoms with van der Waals surface area (Å²) in [5.41, 5.74) is 4.90. The average Bonchev–Trinajstić information content (AvgIpc) is 3.11. The maximum absolute atomic E-state index is 9.09. The van der Waals surface area contributed by atoms with Gasteiger partial charge < -0.3 is 9.40 Å². The molecule has 2 aromatic heterocycles. The normalized spacial score (nSPS) is 11.4. The van der Waals surface area contributed by atoms with E-state index < -0.39 is 0 Å². The van der Waals surface area contributed by atoms with Crippen molar-refractivity contribution in [3.8, 4) is 6.07 Å². The molecule has 0 aliphatic rings. The van der Waals surface area contributed by atoms with Crippen LogP contribution in [0.25, 0.3) is 10.9 Å². The van der Waals surface area contributed by atoms with E-state index in [9.17, 15) is 0 Å². The van der Waals surface area contributed by atoms with Crippen molar-refractivity contribution >= 4 is 38.9 Å². The number of nitriles is 1. The van der Waals surface area contributed by atoms with Gasteiger partial charge in [0.15, 0.2) is 0 Å². The Kier molecular flexibility index (Phi) is 4.17. The molecule has 0 saturated carbocycles. The largest absolute Gasteiger partial charge is 0.422 e. The Morgan fingerprint density at radius 2 is 2.30 bits per heavy atom. The third kappa shape index (κ3) is 3.12. The van der Waals surface area contributed by atoms with Gasteiger partial charge in [0.25, 0.3) is 5.88 Å². The second kappa shape index (κ2) is 6.26. The lowest BCUT2D eigenvalue weighted by Crippen LogP contribution is -1.91. The summed E-state index contributed by atoms with van der Waals surface area (Å²) >= 11 is 3.46. The fourth-order valence-electron chi connectivity index (χ4n) is 2.12. The van der Waals surface area contributed by atoms with Gasteiger partial charge in [-0.2, -0.15) is 10.4 Å². The van der Waals surface area contributed by atoms with Crippen molar-refractivity contribution < 1.29 is 4.42 Å². The van der Waals surface area contributed by atoms with Gasteiger partial charge in [-0.3, -0.25) is 0 Å². The van der Waals surface area contributed by atoms with Gasteiger partial charge in [-0.25, -0.2) is 10.4 Å². The second-order valence-corrected chi connectivity index (χ2v) is 6.22. The van der Waals surface area contributed by atoms with Crippen LogP contribution in [0.5, 0.6) is 0 Å². The summed E-state index contributed by atoms with van der Waals surface area (Å²) < 4.78 is 6.52. The molecule has 1 aromatic carbocycles. The van der Waals surface area contributed by atoms with Crippen molar-refractivity contribution in [1.29, 1.82) is 5.26 Å². The maximum atomic E-state index is 9.09. The Balaban J connectivity index is 1.83. The molecule has 0 atom stereocenters. The van der Waals surface area contributed by atoms with Crippen molar-refractivity contribution in [2.45, 2.75) is 19.8 Å². The highest BCUT2D eigenvalue weighted by atomic mass is 79.9. The highest BCUT2D eigenvalue weighted by Crippen LogP contribution is 2.23.